The molecule has 0 N–H and O–H groups in total. The Kier molecular flexibility index (Phi) is 29.9. The van der Waals surface area contributed by atoms with Crippen LogP contribution in [0.1, 0.15) is 34.1 Å². The molecule has 0 fully saturated rings. The molecule has 0 spiro atoms. The largest absolute Gasteiger partial charge is 0.133 e. The van der Waals surface area contributed by atoms with Gasteiger partial charge >= 0.3 is 0 Å². The van der Waals surface area contributed by atoms with Gasteiger partial charge in [-0.15, -0.1) is 12.3 Å². The van der Waals surface area contributed by atoms with Crippen LogP contribution in [0, 0.1) is 0 Å². The van der Waals surface area contributed by atoms with E-state index in [2.05, 4.69) is 45.4 Å². The average Bonchev–Trinajstić information content (AvgIpc) is 2.20. The predicted octanol–water partition coefficient (Wildman–Crippen LogP) is 5.07. The second kappa shape index (κ2) is 22.6. The zero-order valence-corrected chi connectivity index (χ0v) is 10.1. The zero-order valence-electron chi connectivity index (χ0n) is 10.1. The lowest BCUT2D eigenvalue weighted by molar-refractivity contribution is 1.20. The second-order valence-electron chi connectivity index (χ2n) is 2.46. The first-order chi connectivity index (χ1) is 6.64. The van der Waals surface area contributed by atoms with E-state index < -0.39 is 0 Å². The molecule has 0 atom stereocenters. The number of allylic oxidation sites excluding steroid dienone is 5. The molecule has 0 heterocycles. The Morgan fingerprint density at radius 2 is 1.64 bits per heavy atom. The quantitative estimate of drug-likeness (QED) is 0.325. The molecule has 0 saturated carbocycles. The molecule has 0 nitrogen and oxygen atoms in total. The maximum atomic E-state index is 3.61. The lowest BCUT2D eigenvalue weighted by Crippen LogP contribution is -1.62. The van der Waals surface area contributed by atoms with Crippen LogP contribution in [0.4, 0.5) is 0 Å². The predicted molar refractivity (Wildman–Crippen MR) is 69.5 cm³/mol. The number of hydrogen-bond acceptors (Lipinski definition) is 0. The Labute approximate surface area is 90.0 Å². The van der Waals surface area contributed by atoms with Gasteiger partial charge in [-0.1, -0.05) is 43.9 Å². The fraction of sp³-hybridized carbons (Fsp3) is 0.357. The fourth-order valence-electron chi connectivity index (χ4n) is 0.405. The van der Waals surface area contributed by atoms with Gasteiger partial charge in [-0.3, -0.25) is 0 Å². The zero-order chi connectivity index (χ0) is 11.8. The van der Waals surface area contributed by atoms with E-state index in [9.17, 15) is 0 Å². The molecule has 0 saturated heterocycles. The highest BCUT2D eigenvalue weighted by atomic mass is 13.8. The summed E-state index contributed by atoms with van der Waals surface area (Å²) in [5.74, 6) is 0. The normalized spacial score (nSPS) is 7.86. The number of hydrogen-bond donors (Lipinski definition) is 0. The van der Waals surface area contributed by atoms with Gasteiger partial charge in [0.2, 0.25) is 0 Å². The first-order valence-corrected chi connectivity index (χ1v) is 4.81. The molecule has 0 aliphatic heterocycles. The summed E-state index contributed by atoms with van der Waals surface area (Å²) in [4.78, 5) is 0. The molecule has 0 aliphatic carbocycles. The van der Waals surface area contributed by atoms with Gasteiger partial charge in [-0.05, 0) is 33.3 Å². The van der Waals surface area contributed by atoms with Crippen molar-refractivity contribution in [2.24, 2.45) is 0 Å². The highest BCUT2D eigenvalue weighted by Gasteiger charge is 1.71. The molecule has 0 aromatic heterocycles. The van der Waals surface area contributed by atoms with Gasteiger partial charge in [-0.2, -0.15) is 0 Å². The third kappa shape index (κ3) is 45.3. The molecule has 0 amide bonds. The number of rotatable bonds is 2. The van der Waals surface area contributed by atoms with Crippen LogP contribution in [0.15, 0.2) is 55.3 Å². The van der Waals surface area contributed by atoms with Crippen LogP contribution in [-0.4, -0.2) is 0 Å². The van der Waals surface area contributed by atoms with Gasteiger partial charge in [0.25, 0.3) is 0 Å². The Balaban J connectivity index is -0.000000147. The van der Waals surface area contributed by atoms with Crippen molar-refractivity contribution >= 4 is 0 Å². The van der Waals surface area contributed by atoms with Crippen molar-refractivity contribution < 1.29 is 0 Å². The van der Waals surface area contributed by atoms with E-state index in [-0.39, 0.29) is 0 Å². The maximum Gasteiger partial charge on any atom is -0.0374 e. The Morgan fingerprint density at radius 3 is 1.71 bits per heavy atom. The topological polar surface area (TPSA) is 0 Å². The summed E-state index contributed by atoms with van der Waals surface area (Å²) < 4.78 is 0. The highest BCUT2D eigenvalue weighted by Crippen LogP contribution is 1.92. The third-order valence-electron chi connectivity index (χ3n) is 1.05. The Bertz CT molecular complexity index is 188. The molecular weight excluding hydrogens is 168 g/mol. The lowest BCUT2D eigenvalue weighted by Gasteiger charge is -1.83. The van der Waals surface area contributed by atoms with Crippen LogP contribution in [0.25, 0.3) is 0 Å². The van der Waals surface area contributed by atoms with Crippen molar-refractivity contribution in [1.29, 1.82) is 0 Å². The van der Waals surface area contributed by atoms with Crippen molar-refractivity contribution in [1.82, 2.24) is 0 Å². The molecule has 0 radical (unpaired) electrons. The molecule has 0 heteroatoms. The highest BCUT2D eigenvalue weighted by molar-refractivity contribution is 5.11. The maximum absolute atomic E-state index is 3.61. The summed E-state index contributed by atoms with van der Waals surface area (Å²) >= 11 is 0. The molecule has 14 heavy (non-hydrogen) atoms. The van der Waals surface area contributed by atoms with E-state index in [0.29, 0.717) is 0 Å². The molecule has 80 valence electrons. The van der Waals surface area contributed by atoms with Crippen molar-refractivity contribution in [3.8, 4) is 0 Å². The molecule has 0 aromatic rings. The van der Waals surface area contributed by atoms with Crippen molar-refractivity contribution in [3.63, 3.8) is 0 Å². The van der Waals surface area contributed by atoms with Gasteiger partial charge in [0.1, 0.15) is 0 Å². The Hall–Kier alpha value is -1.26. The minimum Gasteiger partial charge on any atom is -0.133 e. The van der Waals surface area contributed by atoms with Crippen LogP contribution in [0.3, 0.4) is 0 Å². The fourth-order valence-corrected chi connectivity index (χ4v) is 0.405. The summed E-state index contributed by atoms with van der Waals surface area (Å²) in [6.07, 6.45) is 8.63. The Morgan fingerprint density at radius 1 is 1.29 bits per heavy atom. The van der Waals surface area contributed by atoms with Gasteiger partial charge < -0.3 is 0 Å². The van der Waals surface area contributed by atoms with Crippen LogP contribution >= 0.6 is 0 Å². The molecule has 0 bridgehead atoms. The van der Waals surface area contributed by atoms with Crippen molar-refractivity contribution in [2.75, 3.05) is 0 Å². The first-order valence-electron chi connectivity index (χ1n) is 4.81. The van der Waals surface area contributed by atoms with Crippen molar-refractivity contribution in [3.05, 3.63) is 55.3 Å². The molecule has 0 unspecified atom stereocenters. The van der Waals surface area contributed by atoms with Crippen LogP contribution in [0.5, 0.6) is 0 Å². The summed E-state index contributed by atoms with van der Waals surface area (Å²) in [6, 6.07) is 0. The standard InChI is InChI=1S/C7H12.C4H6.C3H6/c1-4-6-7(3)5-2;1-3-4-2;1-3-2/h5-6H,2,4H2,1,3H3;4H,1H2,2H3;3H,1H2,2H3/b7-6-;;. The van der Waals surface area contributed by atoms with Gasteiger partial charge in [0.15, 0.2) is 0 Å². The van der Waals surface area contributed by atoms with E-state index in [1.807, 2.05) is 19.9 Å². The third-order valence-corrected chi connectivity index (χ3v) is 1.05. The minimum absolute atomic E-state index is 1.11. The van der Waals surface area contributed by atoms with E-state index >= 15 is 0 Å². The van der Waals surface area contributed by atoms with Gasteiger partial charge in [0, 0.05) is 0 Å². The smallest absolute Gasteiger partial charge is 0.0374 e. The average molecular weight is 192 g/mol. The van der Waals surface area contributed by atoms with Gasteiger partial charge in [-0.25, -0.2) is 0 Å². The minimum atomic E-state index is 1.11. The van der Waals surface area contributed by atoms with E-state index in [1.54, 1.807) is 12.2 Å². The summed E-state index contributed by atoms with van der Waals surface area (Å²) in [6.45, 7) is 18.2. The summed E-state index contributed by atoms with van der Waals surface area (Å²) in [5.41, 5.74) is 3.82. The molecular formula is C14H24. The van der Waals surface area contributed by atoms with Crippen LogP contribution in [0.2, 0.25) is 0 Å². The van der Waals surface area contributed by atoms with Crippen molar-refractivity contribution in [2.45, 2.75) is 34.1 Å². The monoisotopic (exact) mass is 192 g/mol. The SMILES string of the molecule is C=C/C(C)=C\CC.C=C=CC.C=CC. The van der Waals surface area contributed by atoms with Gasteiger partial charge in [0.05, 0.1) is 0 Å². The van der Waals surface area contributed by atoms with E-state index in [1.165, 1.54) is 5.57 Å². The van der Waals surface area contributed by atoms with Crippen LogP contribution in [-0.2, 0) is 0 Å². The van der Waals surface area contributed by atoms with E-state index in [0.717, 1.165) is 6.42 Å². The molecule has 0 rings (SSSR count). The molecule has 0 aromatic carbocycles. The summed E-state index contributed by atoms with van der Waals surface area (Å²) in [7, 11) is 0. The second-order valence-corrected chi connectivity index (χ2v) is 2.46. The summed E-state index contributed by atoms with van der Waals surface area (Å²) in [5, 5.41) is 0. The van der Waals surface area contributed by atoms with E-state index in [4.69, 9.17) is 0 Å². The van der Waals surface area contributed by atoms with Crippen LogP contribution < -0.4 is 0 Å². The first kappa shape index (κ1) is 18.5. The molecule has 0 aliphatic rings. The lowest BCUT2D eigenvalue weighted by atomic mass is 10.2.